The van der Waals surface area contributed by atoms with Crippen LogP contribution in [-0.2, 0) is 0 Å². The highest BCUT2D eigenvalue weighted by Crippen LogP contribution is 2.27. The van der Waals surface area contributed by atoms with Crippen molar-refractivity contribution in [2.45, 2.75) is 44.7 Å². The Morgan fingerprint density at radius 1 is 1.30 bits per heavy atom. The molecular formula is C14H20N6. The molecule has 0 radical (unpaired) electrons. The molecule has 20 heavy (non-hydrogen) atoms. The number of nitrogens with one attached hydrogen (secondary N) is 1. The Kier molecular flexibility index (Phi) is 2.84. The van der Waals surface area contributed by atoms with E-state index in [0.29, 0.717) is 6.04 Å². The first kappa shape index (κ1) is 12.1. The van der Waals surface area contributed by atoms with E-state index in [1.54, 1.807) is 0 Å². The lowest BCUT2D eigenvalue weighted by Crippen LogP contribution is -2.39. The predicted molar refractivity (Wildman–Crippen MR) is 76.9 cm³/mol. The molecule has 3 heterocycles. The minimum Gasteiger partial charge on any atom is -0.349 e. The van der Waals surface area contributed by atoms with Crippen LogP contribution < -0.4 is 10.2 Å². The zero-order valence-electron chi connectivity index (χ0n) is 11.8. The lowest BCUT2D eigenvalue weighted by atomic mass is 10.2. The molecule has 6 heteroatoms. The van der Waals surface area contributed by atoms with E-state index in [4.69, 9.17) is 0 Å². The van der Waals surface area contributed by atoms with Gasteiger partial charge in [0.2, 0.25) is 5.65 Å². The summed E-state index contributed by atoms with van der Waals surface area (Å²) in [6, 6.07) is 1.29. The fourth-order valence-corrected chi connectivity index (χ4v) is 3.05. The van der Waals surface area contributed by atoms with E-state index in [2.05, 4.69) is 25.4 Å². The topological polar surface area (TPSA) is 58.4 Å². The smallest absolute Gasteiger partial charge is 0.203 e. The summed E-state index contributed by atoms with van der Waals surface area (Å²) < 4.78 is 2.02. The van der Waals surface area contributed by atoms with Crippen molar-refractivity contribution in [3.8, 4) is 0 Å². The lowest BCUT2D eigenvalue weighted by molar-refractivity contribution is 0.569. The van der Waals surface area contributed by atoms with Gasteiger partial charge in [-0.25, -0.2) is 4.98 Å². The number of aryl methyl sites for hydroxylation is 1. The van der Waals surface area contributed by atoms with Crippen LogP contribution in [0.5, 0.6) is 0 Å². The Bertz CT molecular complexity index is 617. The van der Waals surface area contributed by atoms with Crippen LogP contribution in [0.2, 0.25) is 0 Å². The normalized spacial score (nSPS) is 22.9. The SMILES string of the molecule is Cc1nnc2c(N3CCCC3CNC3CC3)nccn12. The molecule has 0 aromatic carbocycles. The highest BCUT2D eigenvalue weighted by molar-refractivity contribution is 5.64. The molecule has 0 spiro atoms. The molecule has 1 N–H and O–H groups in total. The van der Waals surface area contributed by atoms with Gasteiger partial charge in [-0.15, -0.1) is 10.2 Å². The van der Waals surface area contributed by atoms with Gasteiger partial charge in [-0.2, -0.15) is 0 Å². The van der Waals surface area contributed by atoms with Crippen molar-refractivity contribution in [2.75, 3.05) is 18.0 Å². The van der Waals surface area contributed by atoms with E-state index in [1.165, 1.54) is 25.7 Å². The summed E-state index contributed by atoms with van der Waals surface area (Å²) in [7, 11) is 0. The number of hydrogen-bond acceptors (Lipinski definition) is 5. The molecule has 1 aliphatic carbocycles. The molecule has 4 rings (SSSR count). The van der Waals surface area contributed by atoms with Crippen molar-refractivity contribution in [1.82, 2.24) is 24.9 Å². The van der Waals surface area contributed by atoms with Gasteiger partial charge >= 0.3 is 0 Å². The largest absolute Gasteiger partial charge is 0.349 e. The molecular weight excluding hydrogens is 252 g/mol. The van der Waals surface area contributed by atoms with Gasteiger partial charge in [0, 0.05) is 37.6 Å². The summed E-state index contributed by atoms with van der Waals surface area (Å²) in [6.07, 6.45) is 8.92. The number of hydrogen-bond donors (Lipinski definition) is 1. The molecule has 106 valence electrons. The number of aromatic nitrogens is 4. The third-order valence-corrected chi connectivity index (χ3v) is 4.35. The molecule has 1 saturated heterocycles. The van der Waals surface area contributed by atoms with E-state index in [1.807, 2.05) is 23.7 Å². The molecule has 0 bridgehead atoms. The van der Waals surface area contributed by atoms with Crippen LogP contribution in [0.1, 0.15) is 31.5 Å². The average molecular weight is 272 g/mol. The second kappa shape index (κ2) is 4.70. The lowest BCUT2D eigenvalue weighted by Gasteiger charge is -2.26. The second-order valence-electron chi connectivity index (χ2n) is 5.86. The summed E-state index contributed by atoms with van der Waals surface area (Å²) in [5.74, 6) is 1.89. The Balaban J connectivity index is 1.63. The van der Waals surface area contributed by atoms with Crippen molar-refractivity contribution in [3.63, 3.8) is 0 Å². The van der Waals surface area contributed by atoms with Gasteiger partial charge in [-0.05, 0) is 32.6 Å². The third-order valence-electron chi connectivity index (χ3n) is 4.35. The van der Waals surface area contributed by atoms with Crippen LogP contribution in [-0.4, -0.2) is 44.8 Å². The van der Waals surface area contributed by atoms with Crippen LogP contribution in [0.4, 0.5) is 5.82 Å². The van der Waals surface area contributed by atoms with Crippen molar-refractivity contribution in [2.24, 2.45) is 0 Å². The predicted octanol–water partition coefficient (Wildman–Crippen LogP) is 1.15. The quantitative estimate of drug-likeness (QED) is 0.905. The van der Waals surface area contributed by atoms with Crippen LogP contribution in [0.15, 0.2) is 12.4 Å². The molecule has 1 saturated carbocycles. The molecule has 6 nitrogen and oxygen atoms in total. The Morgan fingerprint density at radius 3 is 3.05 bits per heavy atom. The first-order valence-corrected chi connectivity index (χ1v) is 7.49. The van der Waals surface area contributed by atoms with E-state index < -0.39 is 0 Å². The summed E-state index contributed by atoms with van der Waals surface area (Å²) in [4.78, 5) is 6.97. The molecule has 1 aliphatic heterocycles. The Morgan fingerprint density at radius 2 is 2.20 bits per heavy atom. The maximum Gasteiger partial charge on any atom is 0.203 e. The fourth-order valence-electron chi connectivity index (χ4n) is 3.05. The molecule has 2 aromatic heterocycles. The summed E-state index contributed by atoms with van der Waals surface area (Å²) in [5, 5.41) is 12.1. The van der Waals surface area contributed by atoms with Gasteiger partial charge in [-0.1, -0.05) is 0 Å². The van der Waals surface area contributed by atoms with Gasteiger partial charge in [-0.3, -0.25) is 4.40 Å². The summed E-state index contributed by atoms with van der Waals surface area (Å²) in [6.45, 7) is 4.09. The average Bonchev–Trinajstić information content (AvgIpc) is 3.05. The molecule has 1 unspecified atom stereocenters. The van der Waals surface area contributed by atoms with Crippen LogP contribution in [0.3, 0.4) is 0 Å². The van der Waals surface area contributed by atoms with Crippen LogP contribution >= 0.6 is 0 Å². The van der Waals surface area contributed by atoms with Crippen LogP contribution in [0.25, 0.3) is 5.65 Å². The summed E-state index contributed by atoms with van der Waals surface area (Å²) in [5.41, 5.74) is 0.878. The highest BCUT2D eigenvalue weighted by Gasteiger charge is 2.30. The first-order valence-electron chi connectivity index (χ1n) is 7.49. The van der Waals surface area contributed by atoms with Gasteiger partial charge in [0.1, 0.15) is 5.82 Å². The molecule has 0 amide bonds. The monoisotopic (exact) mass is 272 g/mol. The zero-order valence-corrected chi connectivity index (χ0v) is 11.8. The fraction of sp³-hybridized carbons (Fsp3) is 0.643. The highest BCUT2D eigenvalue weighted by atomic mass is 15.3. The first-order chi connectivity index (χ1) is 9.83. The maximum absolute atomic E-state index is 4.57. The van der Waals surface area contributed by atoms with Gasteiger partial charge in [0.15, 0.2) is 5.82 Å². The van der Waals surface area contributed by atoms with Gasteiger partial charge in [0.25, 0.3) is 0 Å². The Hall–Kier alpha value is -1.69. The maximum atomic E-state index is 4.57. The summed E-state index contributed by atoms with van der Waals surface area (Å²) >= 11 is 0. The van der Waals surface area contributed by atoms with Crippen LogP contribution in [0, 0.1) is 6.92 Å². The molecule has 1 atom stereocenters. The van der Waals surface area contributed by atoms with Gasteiger partial charge < -0.3 is 10.2 Å². The minimum atomic E-state index is 0.534. The van der Waals surface area contributed by atoms with Crippen molar-refractivity contribution < 1.29 is 0 Å². The van der Waals surface area contributed by atoms with Crippen molar-refractivity contribution in [3.05, 3.63) is 18.2 Å². The zero-order chi connectivity index (χ0) is 13.5. The standard InChI is InChI=1S/C14H20N6/c1-10-17-18-14-13(15-6-8-19(10)14)20-7-2-3-12(20)9-16-11-4-5-11/h6,8,11-12,16H,2-5,7,9H2,1H3. The van der Waals surface area contributed by atoms with E-state index in [9.17, 15) is 0 Å². The minimum absolute atomic E-state index is 0.534. The van der Waals surface area contributed by atoms with Crippen molar-refractivity contribution in [1.29, 1.82) is 0 Å². The number of rotatable bonds is 4. The van der Waals surface area contributed by atoms with E-state index in [-0.39, 0.29) is 0 Å². The molecule has 2 fully saturated rings. The van der Waals surface area contributed by atoms with E-state index >= 15 is 0 Å². The van der Waals surface area contributed by atoms with Gasteiger partial charge in [0.05, 0.1) is 0 Å². The second-order valence-corrected chi connectivity index (χ2v) is 5.86. The van der Waals surface area contributed by atoms with E-state index in [0.717, 1.165) is 36.4 Å². The number of nitrogens with zero attached hydrogens (tertiary/aromatic N) is 5. The number of anilines is 1. The Labute approximate surface area is 118 Å². The molecule has 2 aliphatic rings. The van der Waals surface area contributed by atoms with Crippen molar-refractivity contribution >= 4 is 11.5 Å². The molecule has 2 aromatic rings. The third kappa shape index (κ3) is 2.04. The number of fused-ring (bicyclic) bond motifs is 1.